The molecule has 1 aromatic carbocycles. The average molecular weight is 169 g/mol. The van der Waals surface area contributed by atoms with Gasteiger partial charge in [-0.1, -0.05) is 5.16 Å². The third-order valence-electron chi connectivity index (χ3n) is 1.31. The van der Waals surface area contributed by atoms with Crippen LogP contribution in [0.25, 0.3) is 0 Å². The van der Waals surface area contributed by atoms with Crippen molar-refractivity contribution in [2.45, 2.75) is 0 Å². The Bertz CT molecular complexity index is 298. The fourth-order valence-electron chi connectivity index (χ4n) is 0.799. The lowest BCUT2D eigenvalue weighted by Gasteiger charge is -2.01. The van der Waals surface area contributed by atoms with Crippen LogP contribution in [-0.4, -0.2) is 26.7 Å². The normalized spacial score (nSPS) is 10.7. The van der Waals surface area contributed by atoms with Gasteiger partial charge in [-0.2, -0.15) is 0 Å². The minimum absolute atomic E-state index is 0.0460. The Morgan fingerprint density at radius 2 is 1.58 bits per heavy atom. The first-order chi connectivity index (χ1) is 5.65. The summed E-state index contributed by atoms with van der Waals surface area (Å²) in [6, 6.07) is 2.05. The molecule has 4 N–H and O–H groups in total. The van der Waals surface area contributed by atoms with Crippen LogP contribution >= 0.6 is 0 Å². The summed E-state index contributed by atoms with van der Waals surface area (Å²) in [5.74, 6) is -0.976. The molecule has 5 heteroatoms. The van der Waals surface area contributed by atoms with Gasteiger partial charge in [-0.05, 0) is 0 Å². The summed E-state index contributed by atoms with van der Waals surface area (Å²) in [7, 11) is 0. The first-order valence-electron chi connectivity index (χ1n) is 3.07. The number of oxime groups is 1. The summed E-state index contributed by atoms with van der Waals surface area (Å²) in [4.78, 5) is 0. The van der Waals surface area contributed by atoms with Gasteiger partial charge < -0.3 is 20.5 Å². The molecule has 0 aliphatic heterocycles. The van der Waals surface area contributed by atoms with Crippen LogP contribution < -0.4 is 0 Å². The number of phenolic OH excluding ortho intramolecular Hbond substituents is 3. The van der Waals surface area contributed by atoms with E-state index >= 15 is 0 Å². The first-order valence-corrected chi connectivity index (χ1v) is 3.07. The van der Waals surface area contributed by atoms with Crippen LogP contribution in [-0.2, 0) is 0 Å². The predicted molar refractivity (Wildman–Crippen MR) is 40.8 cm³/mol. The van der Waals surface area contributed by atoms with Crippen LogP contribution in [0.1, 0.15) is 5.56 Å². The molecule has 1 aromatic rings. The third kappa shape index (κ3) is 1.39. The quantitative estimate of drug-likeness (QED) is 0.281. The summed E-state index contributed by atoms with van der Waals surface area (Å²) in [5, 5.41) is 37.8. The number of aromatic hydroxyl groups is 3. The number of rotatable bonds is 1. The topological polar surface area (TPSA) is 93.3 Å². The predicted octanol–water partition coefficient (Wildman–Crippen LogP) is 0.611. The van der Waals surface area contributed by atoms with Gasteiger partial charge in [0, 0.05) is 12.1 Å². The molecule has 0 radical (unpaired) electrons. The Hall–Kier alpha value is -1.91. The standard InChI is InChI=1S/C7H7NO4/c9-4-1-6(10)5(3-8-12)7(11)2-4/h1-3,9-12H/b8-3+. The molecule has 0 fully saturated rings. The lowest BCUT2D eigenvalue weighted by atomic mass is 10.2. The molecule has 0 aromatic heterocycles. The molecule has 0 aliphatic rings. The van der Waals surface area contributed by atoms with Crippen LogP contribution in [0, 0.1) is 0 Å². The van der Waals surface area contributed by atoms with Gasteiger partial charge in [-0.15, -0.1) is 0 Å². The van der Waals surface area contributed by atoms with Crippen LogP contribution in [0.3, 0.4) is 0 Å². The summed E-state index contributed by atoms with van der Waals surface area (Å²) in [5.41, 5.74) is -0.0460. The van der Waals surface area contributed by atoms with Crippen molar-refractivity contribution in [1.82, 2.24) is 0 Å². The molecular weight excluding hydrogens is 162 g/mol. The summed E-state index contributed by atoms with van der Waals surface area (Å²) >= 11 is 0. The maximum absolute atomic E-state index is 9.08. The van der Waals surface area contributed by atoms with E-state index in [0.29, 0.717) is 0 Å². The highest BCUT2D eigenvalue weighted by molar-refractivity contribution is 5.87. The molecule has 0 amide bonds. The van der Waals surface area contributed by atoms with Crippen LogP contribution in [0.2, 0.25) is 0 Å². The monoisotopic (exact) mass is 169 g/mol. The molecule has 0 saturated heterocycles. The molecular formula is C7H7NO4. The zero-order valence-corrected chi connectivity index (χ0v) is 5.97. The second-order valence-corrected chi connectivity index (χ2v) is 2.14. The number of nitrogens with zero attached hydrogens (tertiary/aromatic N) is 1. The van der Waals surface area contributed by atoms with Crippen molar-refractivity contribution in [1.29, 1.82) is 0 Å². The summed E-state index contributed by atoms with van der Waals surface area (Å²) in [6.45, 7) is 0. The van der Waals surface area contributed by atoms with Gasteiger partial charge in [0.25, 0.3) is 0 Å². The minimum Gasteiger partial charge on any atom is -0.508 e. The van der Waals surface area contributed by atoms with Gasteiger partial charge in [-0.3, -0.25) is 0 Å². The minimum atomic E-state index is -0.356. The molecule has 0 atom stereocenters. The molecule has 0 unspecified atom stereocenters. The van der Waals surface area contributed by atoms with Gasteiger partial charge in [0.2, 0.25) is 0 Å². The zero-order chi connectivity index (χ0) is 9.14. The van der Waals surface area contributed by atoms with E-state index in [1.807, 2.05) is 0 Å². The average Bonchev–Trinajstić information content (AvgIpc) is 1.96. The van der Waals surface area contributed by atoms with Crippen molar-refractivity contribution in [2.24, 2.45) is 5.16 Å². The summed E-state index contributed by atoms with van der Waals surface area (Å²) < 4.78 is 0. The maximum atomic E-state index is 9.08. The number of hydrogen-bond donors (Lipinski definition) is 4. The second-order valence-electron chi connectivity index (χ2n) is 2.14. The van der Waals surface area contributed by atoms with Gasteiger partial charge in [0.05, 0.1) is 11.8 Å². The van der Waals surface area contributed by atoms with E-state index in [0.717, 1.165) is 18.3 Å². The van der Waals surface area contributed by atoms with Crippen molar-refractivity contribution in [2.75, 3.05) is 0 Å². The second kappa shape index (κ2) is 3.00. The van der Waals surface area contributed by atoms with E-state index < -0.39 is 0 Å². The van der Waals surface area contributed by atoms with Crippen LogP contribution in [0.4, 0.5) is 0 Å². The van der Waals surface area contributed by atoms with Gasteiger partial charge in [0.1, 0.15) is 17.2 Å². The SMILES string of the molecule is O/N=C/c1c(O)cc(O)cc1O. The lowest BCUT2D eigenvalue weighted by Crippen LogP contribution is -1.83. The highest BCUT2D eigenvalue weighted by Crippen LogP contribution is 2.30. The zero-order valence-electron chi connectivity index (χ0n) is 5.97. The van der Waals surface area contributed by atoms with Crippen molar-refractivity contribution >= 4 is 6.21 Å². The molecule has 5 nitrogen and oxygen atoms in total. The number of hydrogen-bond acceptors (Lipinski definition) is 5. The molecule has 0 spiro atoms. The van der Waals surface area contributed by atoms with Gasteiger partial charge in [-0.25, -0.2) is 0 Å². The number of phenols is 3. The van der Waals surface area contributed by atoms with E-state index in [-0.39, 0.29) is 22.8 Å². The highest BCUT2D eigenvalue weighted by Gasteiger charge is 2.06. The Morgan fingerprint density at radius 3 is 2.00 bits per heavy atom. The smallest absolute Gasteiger partial charge is 0.131 e. The molecule has 64 valence electrons. The Balaban J connectivity index is 3.28. The fraction of sp³-hybridized carbons (Fsp3) is 0. The van der Waals surface area contributed by atoms with Crippen LogP contribution in [0.15, 0.2) is 17.3 Å². The highest BCUT2D eigenvalue weighted by atomic mass is 16.4. The van der Waals surface area contributed by atoms with E-state index in [9.17, 15) is 0 Å². The van der Waals surface area contributed by atoms with Gasteiger partial charge in [0.15, 0.2) is 0 Å². The van der Waals surface area contributed by atoms with E-state index in [4.69, 9.17) is 20.5 Å². The summed E-state index contributed by atoms with van der Waals surface area (Å²) in [6.07, 6.45) is 0.865. The Kier molecular flexibility index (Phi) is 2.05. The Labute approximate surface area is 67.8 Å². The number of benzene rings is 1. The maximum Gasteiger partial charge on any atom is 0.131 e. The molecule has 0 saturated carbocycles. The largest absolute Gasteiger partial charge is 0.508 e. The fourth-order valence-corrected chi connectivity index (χ4v) is 0.799. The Morgan fingerprint density at radius 1 is 1.08 bits per heavy atom. The van der Waals surface area contributed by atoms with Crippen molar-refractivity contribution in [3.05, 3.63) is 17.7 Å². The molecule has 12 heavy (non-hydrogen) atoms. The van der Waals surface area contributed by atoms with E-state index in [1.54, 1.807) is 0 Å². The van der Waals surface area contributed by atoms with Gasteiger partial charge >= 0.3 is 0 Å². The molecule has 1 rings (SSSR count). The molecule has 0 aliphatic carbocycles. The van der Waals surface area contributed by atoms with E-state index in [1.165, 1.54) is 0 Å². The van der Waals surface area contributed by atoms with Crippen molar-refractivity contribution in [3.8, 4) is 17.2 Å². The lowest BCUT2D eigenvalue weighted by molar-refractivity contribution is 0.321. The van der Waals surface area contributed by atoms with Crippen molar-refractivity contribution in [3.63, 3.8) is 0 Å². The van der Waals surface area contributed by atoms with E-state index in [2.05, 4.69) is 5.16 Å². The van der Waals surface area contributed by atoms with Crippen molar-refractivity contribution < 1.29 is 20.5 Å². The first kappa shape index (κ1) is 8.19. The molecule has 0 heterocycles. The van der Waals surface area contributed by atoms with Crippen LogP contribution in [0.5, 0.6) is 17.2 Å². The third-order valence-corrected chi connectivity index (χ3v) is 1.31. The molecule has 0 bridgehead atoms.